The van der Waals surface area contributed by atoms with E-state index in [4.69, 9.17) is 9.47 Å². The predicted octanol–water partition coefficient (Wildman–Crippen LogP) is 0.0446. The molecule has 0 radical (unpaired) electrons. The fraction of sp³-hybridized carbons (Fsp3) is 0.636. The van der Waals surface area contributed by atoms with Gasteiger partial charge in [0.15, 0.2) is 0 Å². The molecular formula is C11H15N3O4. The summed E-state index contributed by atoms with van der Waals surface area (Å²) >= 11 is 0. The van der Waals surface area contributed by atoms with Crippen molar-refractivity contribution in [3.63, 3.8) is 0 Å². The van der Waals surface area contributed by atoms with Gasteiger partial charge in [-0.1, -0.05) is 6.58 Å². The van der Waals surface area contributed by atoms with Crippen LogP contribution in [0.25, 0.3) is 0 Å². The first-order chi connectivity index (χ1) is 8.58. The lowest BCUT2D eigenvalue weighted by atomic mass is 10.3. The van der Waals surface area contributed by atoms with E-state index in [9.17, 15) is 9.59 Å². The molecular weight excluding hydrogens is 238 g/mol. The van der Waals surface area contributed by atoms with Crippen LogP contribution in [-0.4, -0.2) is 72.3 Å². The van der Waals surface area contributed by atoms with Crippen LogP contribution in [0.15, 0.2) is 12.4 Å². The Morgan fingerprint density at radius 1 is 1.11 bits per heavy atom. The van der Waals surface area contributed by atoms with Crippen LogP contribution in [0.2, 0.25) is 0 Å². The number of hydrogen-bond donors (Lipinski definition) is 0. The molecule has 0 aromatic carbocycles. The Balaban J connectivity index is 1.77. The van der Waals surface area contributed by atoms with Crippen LogP contribution in [0.3, 0.4) is 0 Å². The molecule has 3 aliphatic heterocycles. The van der Waals surface area contributed by atoms with Crippen LogP contribution in [0.1, 0.15) is 0 Å². The zero-order valence-corrected chi connectivity index (χ0v) is 10.2. The number of epoxide rings is 2. The Hall–Kier alpha value is -1.60. The van der Waals surface area contributed by atoms with E-state index in [1.807, 2.05) is 0 Å². The fourth-order valence-electron chi connectivity index (χ4n) is 1.90. The molecule has 0 N–H and O–H groups in total. The van der Waals surface area contributed by atoms with Gasteiger partial charge in [0.25, 0.3) is 0 Å². The van der Waals surface area contributed by atoms with Crippen LogP contribution in [0.4, 0.5) is 9.59 Å². The topological polar surface area (TPSA) is 68.9 Å². The lowest BCUT2D eigenvalue weighted by Gasteiger charge is -2.40. The summed E-state index contributed by atoms with van der Waals surface area (Å²) < 4.78 is 10.2. The molecule has 0 aromatic rings. The van der Waals surface area contributed by atoms with Crippen molar-refractivity contribution in [2.75, 3.05) is 33.4 Å². The monoisotopic (exact) mass is 253 g/mol. The molecule has 0 aromatic heterocycles. The van der Waals surface area contributed by atoms with Crippen molar-refractivity contribution in [1.29, 1.82) is 0 Å². The number of rotatable bonds is 4. The van der Waals surface area contributed by atoms with E-state index >= 15 is 0 Å². The number of hydrogen-bond acceptors (Lipinski definition) is 4. The smallest absolute Gasteiger partial charge is 0.333 e. The summed E-state index contributed by atoms with van der Waals surface area (Å²) in [7, 11) is 1.61. The highest BCUT2D eigenvalue weighted by Gasteiger charge is 2.43. The van der Waals surface area contributed by atoms with Gasteiger partial charge in [-0.3, -0.25) is 9.80 Å². The third-order valence-corrected chi connectivity index (χ3v) is 3.26. The Labute approximate surface area is 105 Å². The maximum Gasteiger partial charge on any atom is 0.333 e. The molecule has 0 saturated carbocycles. The Bertz CT molecular complexity index is 381. The predicted molar refractivity (Wildman–Crippen MR) is 60.6 cm³/mol. The van der Waals surface area contributed by atoms with Crippen molar-refractivity contribution in [2.45, 2.75) is 12.2 Å². The number of nitrogens with zero attached hydrogens (tertiary/aromatic N) is 3. The van der Waals surface area contributed by atoms with Crippen molar-refractivity contribution in [1.82, 2.24) is 14.7 Å². The summed E-state index contributed by atoms with van der Waals surface area (Å²) in [6.45, 7) is 5.79. The van der Waals surface area contributed by atoms with E-state index in [1.165, 1.54) is 14.7 Å². The van der Waals surface area contributed by atoms with Gasteiger partial charge in [-0.2, -0.15) is 0 Å². The highest BCUT2D eigenvalue weighted by Crippen LogP contribution is 2.24. The van der Waals surface area contributed by atoms with E-state index in [-0.39, 0.29) is 24.3 Å². The number of carbonyl (C=O) groups excluding carboxylic acids is 2. The molecule has 3 heterocycles. The van der Waals surface area contributed by atoms with Gasteiger partial charge in [-0.05, 0) is 0 Å². The van der Waals surface area contributed by atoms with Gasteiger partial charge in [0.05, 0.1) is 38.5 Å². The Kier molecular flexibility index (Phi) is 2.53. The van der Waals surface area contributed by atoms with Gasteiger partial charge in [-0.25, -0.2) is 14.5 Å². The van der Waals surface area contributed by atoms with E-state index in [0.29, 0.717) is 32.1 Å². The van der Waals surface area contributed by atoms with E-state index < -0.39 is 0 Å². The van der Waals surface area contributed by atoms with Crippen LogP contribution in [-0.2, 0) is 9.47 Å². The molecule has 3 fully saturated rings. The van der Waals surface area contributed by atoms with Crippen molar-refractivity contribution >= 4 is 12.1 Å². The second-order valence-corrected chi connectivity index (χ2v) is 4.67. The minimum absolute atomic E-state index is 0.0170. The lowest BCUT2D eigenvalue weighted by Crippen LogP contribution is -2.59. The van der Waals surface area contributed by atoms with Gasteiger partial charge < -0.3 is 9.47 Å². The molecule has 2 unspecified atom stereocenters. The first-order valence-electron chi connectivity index (χ1n) is 5.86. The molecule has 0 bridgehead atoms. The van der Waals surface area contributed by atoms with Gasteiger partial charge in [0.2, 0.25) is 0 Å². The minimum atomic E-state index is -0.353. The second kappa shape index (κ2) is 3.96. The van der Waals surface area contributed by atoms with E-state index in [2.05, 4.69) is 6.58 Å². The molecule has 3 saturated heterocycles. The summed E-state index contributed by atoms with van der Waals surface area (Å²) in [6, 6.07) is -0.692. The van der Waals surface area contributed by atoms with Crippen LogP contribution in [0.5, 0.6) is 0 Å². The average molecular weight is 253 g/mol. The number of carbonyl (C=O) groups is 2. The van der Waals surface area contributed by atoms with Crippen LogP contribution in [0, 0.1) is 0 Å². The normalized spacial score (nSPS) is 31.2. The fourth-order valence-corrected chi connectivity index (χ4v) is 1.90. The molecule has 7 nitrogen and oxygen atoms in total. The highest BCUT2D eigenvalue weighted by molar-refractivity contribution is 5.97. The first-order valence-corrected chi connectivity index (χ1v) is 5.86. The summed E-state index contributed by atoms with van der Waals surface area (Å²) in [5, 5.41) is 0. The van der Waals surface area contributed by atoms with E-state index in [1.54, 1.807) is 7.05 Å². The standard InChI is InChI=1S/C11H15N3O4/c1-7-12(2)10(15)14(4-9-6-18-9)11(16)13(7)3-8-5-17-8/h8-9H,1,3-6H2,2H3. The van der Waals surface area contributed by atoms with Crippen molar-refractivity contribution in [3.8, 4) is 0 Å². The molecule has 7 heteroatoms. The van der Waals surface area contributed by atoms with Crippen LogP contribution >= 0.6 is 0 Å². The summed E-state index contributed by atoms with van der Waals surface area (Å²) in [5.41, 5.74) is 0. The number of urea groups is 2. The SMILES string of the molecule is C=C1N(C)C(=O)N(CC2CO2)C(=O)N1CC1CO1. The molecule has 18 heavy (non-hydrogen) atoms. The number of amides is 4. The molecule has 2 atom stereocenters. The maximum absolute atomic E-state index is 12.3. The van der Waals surface area contributed by atoms with Crippen molar-refractivity contribution in [3.05, 3.63) is 12.4 Å². The van der Waals surface area contributed by atoms with E-state index in [0.717, 1.165) is 0 Å². The number of imide groups is 1. The third kappa shape index (κ3) is 1.95. The summed E-state index contributed by atoms with van der Waals surface area (Å²) in [5.74, 6) is 0.397. The number of ether oxygens (including phenoxy) is 2. The largest absolute Gasteiger partial charge is 0.371 e. The quantitative estimate of drug-likeness (QED) is 0.664. The zero-order chi connectivity index (χ0) is 12.9. The van der Waals surface area contributed by atoms with Crippen molar-refractivity contribution < 1.29 is 19.1 Å². The summed E-state index contributed by atoms with van der Waals surface area (Å²) in [4.78, 5) is 28.3. The average Bonchev–Trinajstić information content (AvgIpc) is 3.22. The second-order valence-electron chi connectivity index (χ2n) is 4.67. The Morgan fingerprint density at radius 2 is 1.61 bits per heavy atom. The molecule has 3 aliphatic rings. The third-order valence-electron chi connectivity index (χ3n) is 3.26. The summed E-state index contributed by atoms with van der Waals surface area (Å²) in [6.07, 6.45) is 0.0445. The zero-order valence-electron chi connectivity index (χ0n) is 10.2. The molecule has 98 valence electrons. The maximum atomic E-state index is 12.3. The highest BCUT2D eigenvalue weighted by atomic mass is 16.6. The lowest BCUT2D eigenvalue weighted by molar-refractivity contribution is 0.111. The van der Waals surface area contributed by atoms with Gasteiger partial charge >= 0.3 is 12.1 Å². The van der Waals surface area contributed by atoms with Crippen LogP contribution < -0.4 is 0 Å². The van der Waals surface area contributed by atoms with Gasteiger partial charge in [-0.15, -0.1) is 0 Å². The first kappa shape index (κ1) is 11.5. The Morgan fingerprint density at radius 3 is 2.11 bits per heavy atom. The molecule has 4 amide bonds. The molecule has 0 aliphatic carbocycles. The van der Waals surface area contributed by atoms with Gasteiger partial charge in [0, 0.05) is 7.05 Å². The minimum Gasteiger partial charge on any atom is -0.371 e. The van der Waals surface area contributed by atoms with Crippen molar-refractivity contribution in [2.24, 2.45) is 0 Å². The molecule has 0 spiro atoms. The molecule has 3 rings (SSSR count). The van der Waals surface area contributed by atoms with Gasteiger partial charge in [0.1, 0.15) is 5.82 Å².